The quantitative estimate of drug-likeness (QED) is 0.284. The molecule has 3 N–H and O–H groups in total. The second-order valence-electron chi connectivity index (χ2n) is 6.57. The maximum absolute atomic E-state index is 12.4. The Labute approximate surface area is 180 Å². The van der Waals surface area contributed by atoms with E-state index in [2.05, 4.69) is 12.0 Å². The molecular formula is C16H33Li2N2O5P. The van der Waals surface area contributed by atoms with Crippen molar-refractivity contribution in [3.63, 3.8) is 0 Å². The summed E-state index contributed by atoms with van der Waals surface area (Å²) in [6, 6.07) is -1.68. The van der Waals surface area contributed by atoms with Gasteiger partial charge in [-0.3, -0.25) is 9.36 Å². The summed E-state index contributed by atoms with van der Waals surface area (Å²) in [5, 5.41) is 11.7. The molecule has 0 spiro atoms. The van der Waals surface area contributed by atoms with E-state index in [0.717, 1.165) is 25.7 Å². The Morgan fingerprint density at radius 1 is 1.19 bits per heavy atom. The molecule has 1 aliphatic rings. The molecule has 1 unspecified atom stereocenters. The third kappa shape index (κ3) is 10.0. The molecule has 0 bridgehead atoms. The molecule has 1 heterocycles. The van der Waals surface area contributed by atoms with E-state index in [1.54, 1.807) is 0 Å². The van der Waals surface area contributed by atoms with E-state index in [1.807, 2.05) is 0 Å². The van der Waals surface area contributed by atoms with Gasteiger partial charge in [0.25, 0.3) is 7.52 Å². The van der Waals surface area contributed by atoms with Crippen LogP contribution in [0.25, 0.3) is 0 Å². The van der Waals surface area contributed by atoms with E-state index in [1.165, 1.54) is 18.2 Å². The summed E-state index contributed by atoms with van der Waals surface area (Å²) in [4.78, 5) is 34.8. The summed E-state index contributed by atoms with van der Waals surface area (Å²) in [5.74, 6) is -1.44. The van der Waals surface area contributed by atoms with Crippen LogP contribution in [0, 0.1) is 0 Å². The number of nitrogens with one attached hydrogen (secondary N) is 1. The van der Waals surface area contributed by atoms with E-state index in [4.69, 9.17) is 5.11 Å². The summed E-state index contributed by atoms with van der Waals surface area (Å²) in [7, 11) is -3.59. The third-order valence-corrected chi connectivity index (χ3v) is 6.11. The van der Waals surface area contributed by atoms with Crippen LogP contribution in [-0.2, 0) is 14.2 Å². The minimum absolute atomic E-state index is 0. The fourth-order valence-electron chi connectivity index (χ4n) is 3.06. The first-order valence-corrected chi connectivity index (χ1v) is 10.8. The molecule has 1 saturated heterocycles. The van der Waals surface area contributed by atoms with Crippen molar-refractivity contribution in [1.29, 1.82) is 0 Å². The van der Waals surface area contributed by atoms with Gasteiger partial charge in [-0.05, 0) is 26.2 Å². The molecule has 1 rings (SSSR count). The molecule has 0 aromatic heterocycles. The van der Waals surface area contributed by atoms with Crippen LogP contribution < -0.4 is 5.09 Å². The number of carboxylic acids is 1. The Morgan fingerprint density at radius 3 is 2.35 bits per heavy atom. The number of unbranched alkanes of at least 4 members (excludes halogenated alkanes) is 5. The zero-order valence-electron chi connectivity index (χ0n) is 14.7. The summed E-state index contributed by atoms with van der Waals surface area (Å²) in [6.45, 7) is 4.04. The zero-order chi connectivity index (χ0) is 18.2. The predicted molar refractivity (Wildman–Crippen MR) is 107 cm³/mol. The number of amides is 1. The molecular weight excluding hydrogens is 345 g/mol. The Morgan fingerprint density at radius 2 is 1.77 bits per heavy atom. The third-order valence-electron chi connectivity index (χ3n) is 4.40. The van der Waals surface area contributed by atoms with Crippen LogP contribution in [0.5, 0.6) is 0 Å². The average molecular weight is 378 g/mol. The van der Waals surface area contributed by atoms with Crippen molar-refractivity contribution in [2.75, 3.05) is 12.7 Å². The molecule has 0 aromatic rings. The van der Waals surface area contributed by atoms with Gasteiger partial charge in [0.2, 0.25) is 5.91 Å². The fraction of sp³-hybridized carbons (Fsp3) is 0.875. The van der Waals surface area contributed by atoms with Gasteiger partial charge in [0.1, 0.15) is 6.04 Å². The van der Waals surface area contributed by atoms with E-state index in [9.17, 15) is 19.0 Å². The number of carboxylic acid groups (broad SMARTS) is 1. The Balaban J connectivity index is 0. The standard InChI is InChI=1S/C16H31N2O5P.2Li.2H/c1-3-4-5-6-7-8-12-24(22,23)17-13(2)15(19)18-11-9-10-14(18)16(20)21;;;;/h13-14H,3-12H2,1-2H3,(H,20,21)(H2,17,22,23);;;;/t13-,14-;;;;/m0..../s1. The number of hydrogen-bond acceptors (Lipinski definition) is 3. The van der Waals surface area contributed by atoms with Gasteiger partial charge in [0.05, 0.1) is 6.04 Å². The predicted octanol–water partition coefficient (Wildman–Crippen LogP) is 1.29. The molecule has 1 fully saturated rings. The number of aliphatic carboxylic acids is 1. The Bertz CT molecular complexity index is 482. The van der Waals surface area contributed by atoms with Gasteiger partial charge < -0.3 is 14.9 Å². The first-order chi connectivity index (χ1) is 11.3. The van der Waals surface area contributed by atoms with Gasteiger partial charge in [-0.1, -0.05) is 39.0 Å². The van der Waals surface area contributed by atoms with Crippen LogP contribution >= 0.6 is 7.52 Å². The van der Waals surface area contributed by atoms with Crippen LogP contribution in [0.3, 0.4) is 0 Å². The fourth-order valence-corrected chi connectivity index (χ4v) is 4.56. The second kappa shape index (κ2) is 14.3. The van der Waals surface area contributed by atoms with E-state index in [-0.39, 0.29) is 43.9 Å². The van der Waals surface area contributed by atoms with Crippen LogP contribution in [0.4, 0.5) is 0 Å². The van der Waals surface area contributed by atoms with Crippen molar-refractivity contribution < 1.29 is 24.2 Å². The van der Waals surface area contributed by atoms with Gasteiger partial charge in [0, 0.05) is 12.7 Å². The monoisotopic (exact) mass is 378 g/mol. The first-order valence-electron chi connectivity index (χ1n) is 8.91. The van der Waals surface area contributed by atoms with Crippen LogP contribution in [0.2, 0.25) is 0 Å². The number of carbonyl (C=O) groups is 2. The zero-order valence-corrected chi connectivity index (χ0v) is 15.6. The van der Waals surface area contributed by atoms with Gasteiger partial charge in [-0.25, -0.2) is 9.88 Å². The Kier molecular flexibility index (Phi) is 15.7. The van der Waals surface area contributed by atoms with Crippen molar-refractivity contribution in [2.45, 2.75) is 77.3 Å². The van der Waals surface area contributed by atoms with Crippen molar-refractivity contribution in [1.82, 2.24) is 9.99 Å². The van der Waals surface area contributed by atoms with Crippen molar-refractivity contribution in [3.05, 3.63) is 0 Å². The van der Waals surface area contributed by atoms with E-state index < -0.39 is 31.5 Å². The van der Waals surface area contributed by atoms with Crippen LogP contribution in [0.15, 0.2) is 0 Å². The molecule has 26 heavy (non-hydrogen) atoms. The molecule has 1 aliphatic heterocycles. The molecule has 3 atom stereocenters. The molecule has 1 amide bonds. The average Bonchev–Trinajstić information content (AvgIpc) is 2.99. The van der Waals surface area contributed by atoms with Gasteiger partial charge in [-0.15, -0.1) is 0 Å². The van der Waals surface area contributed by atoms with Crippen LogP contribution in [0.1, 0.15) is 65.2 Å². The topological polar surface area (TPSA) is 107 Å². The molecule has 10 heteroatoms. The normalized spacial score (nSPS) is 19.8. The minimum atomic E-state index is -3.59. The summed E-state index contributed by atoms with van der Waals surface area (Å²) >= 11 is 0. The first kappa shape index (κ1) is 28.5. The Hall–Kier alpha value is 0.285. The molecule has 144 valence electrons. The van der Waals surface area contributed by atoms with Crippen molar-refractivity contribution >= 4 is 57.1 Å². The van der Waals surface area contributed by atoms with Crippen LogP contribution in [-0.4, -0.2) is 89.3 Å². The second-order valence-corrected chi connectivity index (χ2v) is 8.68. The molecule has 0 radical (unpaired) electrons. The molecule has 0 saturated carbocycles. The summed E-state index contributed by atoms with van der Waals surface area (Å²) in [6.07, 6.45) is 7.30. The summed E-state index contributed by atoms with van der Waals surface area (Å²) < 4.78 is 12.2. The van der Waals surface area contributed by atoms with Gasteiger partial charge in [-0.2, -0.15) is 0 Å². The summed E-state index contributed by atoms with van der Waals surface area (Å²) in [5.41, 5.74) is 0. The number of nitrogens with zero attached hydrogens (tertiary/aromatic N) is 1. The molecule has 7 nitrogen and oxygen atoms in total. The van der Waals surface area contributed by atoms with E-state index in [0.29, 0.717) is 25.8 Å². The van der Waals surface area contributed by atoms with E-state index >= 15 is 0 Å². The number of hydrogen-bond donors (Lipinski definition) is 3. The molecule has 0 aromatic carbocycles. The SMILES string of the molecule is CCCCCCCCP(=O)(O)N[C@@H](C)C(=O)N1CCC[C@H]1C(=O)O.[LiH].[LiH]. The maximum atomic E-state index is 12.4. The number of carbonyl (C=O) groups excluding carboxylic acids is 1. The van der Waals surface area contributed by atoms with Crippen molar-refractivity contribution in [2.24, 2.45) is 0 Å². The number of rotatable bonds is 11. The van der Waals surface area contributed by atoms with Crippen molar-refractivity contribution in [3.8, 4) is 0 Å². The number of likely N-dealkylation sites (tertiary alicyclic amines) is 1. The van der Waals surface area contributed by atoms with Gasteiger partial charge >= 0.3 is 43.7 Å². The molecule has 0 aliphatic carbocycles. The van der Waals surface area contributed by atoms with Gasteiger partial charge in [0.15, 0.2) is 0 Å².